The molecule has 2 N–H and O–H groups in total. The molecule has 1 aliphatic heterocycles. The third-order valence-corrected chi connectivity index (χ3v) is 6.54. The predicted octanol–water partition coefficient (Wildman–Crippen LogP) is 3.18. The largest absolute Gasteiger partial charge is 0.494 e. The summed E-state index contributed by atoms with van der Waals surface area (Å²) < 4.78 is 7.39. The standard InChI is InChI=1S/C24H26N6O4S/c1-4-24(3)21(32)30(22(33)25-24)28-19(31)15-35-23-27-26-20(16-9-7-6-8-10-16)29(23)17-11-13-18(14-12-17)34-5-2/h6-14H,4-5,15H2,1-3H3,(H,25,33)(H,28,31). The fourth-order valence-electron chi connectivity index (χ4n) is 3.54. The summed E-state index contributed by atoms with van der Waals surface area (Å²) in [5.41, 5.74) is 3.03. The van der Waals surface area contributed by atoms with E-state index in [9.17, 15) is 14.4 Å². The van der Waals surface area contributed by atoms with E-state index in [0.29, 0.717) is 24.0 Å². The molecule has 1 unspecified atom stereocenters. The van der Waals surface area contributed by atoms with E-state index in [1.165, 1.54) is 0 Å². The fourth-order valence-corrected chi connectivity index (χ4v) is 4.29. The molecule has 0 saturated carbocycles. The number of carbonyl (C=O) groups excluding carboxylic acids is 3. The van der Waals surface area contributed by atoms with Gasteiger partial charge in [-0.3, -0.25) is 19.6 Å². The van der Waals surface area contributed by atoms with Crippen molar-refractivity contribution >= 4 is 29.6 Å². The van der Waals surface area contributed by atoms with Crippen LogP contribution < -0.4 is 15.5 Å². The Morgan fingerprint density at radius 1 is 1.09 bits per heavy atom. The second-order valence-corrected chi connectivity index (χ2v) is 8.96. The Morgan fingerprint density at radius 2 is 1.80 bits per heavy atom. The van der Waals surface area contributed by atoms with Crippen LogP contribution in [0.5, 0.6) is 5.75 Å². The Labute approximate surface area is 207 Å². The molecule has 0 aliphatic carbocycles. The Kier molecular flexibility index (Phi) is 7.06. The van der Waals surface area contributed by atoms with Gasteiger partial charge in [0.05, 0.1) is 12.4 Å². The van der Waals surface area contributed by atoms with E-state index in [1.54, 1.807) is 13.8 Å². The monoisotopic (exact) mass is 494 g/mol. The second-order valence-electron chi connectivity index (χ2n) is 8.01. The van der Waals surface area contributed by atoms with Crippen LogP contribution in [-0.4, -0.2) is 55.5 Å². The van der Waals surface area contributed by atoms with Crippen molar-refractivity contribution in [1.29, 1.82) is 0 Å². The van der Waals surface area contributed by atoms with Gasteiger partial charge in [0.2, 0.25) is 5.91 Å². The summed E-state index contributed by atoms with van der Waals surface area (Å²) in [6.45, 7) is 5.89. The Hall–Kier alpha value is -3.86. The number of urea groups is 1. The molecule has 1 atom stereocenters. The number of benzene rings is 2. The number of thioether (sulfide) groups is 1. The molecule has 4 rings (SSSR count). The number of amides is 4. The molecule has 2 heterocycles. The maximum atomic E-state index is 12.6. The number of nitrogens with one attached hydrogen (secondary N) is 2. The number of ether oxygens (including phenoxy) is 1. The molecule has 11 heteroatoms. The third kappa shape index (κ3) is 4.99. The van der Waals surface area contributed by atoms with Crippen molar-refractivity contribution in [2.45, 2.75) is 37.9 Å². The van der Waals surface area contributed by atoms with Gasteiger partial charge < -0.3 is 10.1 Å². The van der Waals surface area contributed by atoms with Crippen molar-refractivity contribution in [2.75, 3.05) is 12.4 Å². The van der Waals surface area contributed by atoms with Crippen LogP contribution >= 0.6 is 11.8 Å². The summed E-state index contributed by atoms with van der Waals surface area (Å²) in [7, 11) is 0. The van der Waals surface area contributed by atoms with Gasteiger partial charge in [0.15, 0.2) is 11.0 Å². The van der Waals surface area contributed by atoms with Crippen LogP contribution in [0.4, 0.5) is 4.79 Å². The lowest BCUT2D eigenvalue weighted by Gasteiger charge is -2.19. The molecule has 2 aromatic carbocycles. The van der Waals surface area contributed by atoms with E-state index in [-0.39, 0.29) is 5.75 Å². The van der Waals surface area contributed by atoms with Crippen molar-refractivity contribution in [3.63, 3.8) is 0 Å². The number of carbonyl (C=O) groups is 3. The third-order valence-electron chi connectivity index (χ3n) is 5.61. The number of rotatable bonds is 9. The summed E-state index contributed by atoms with van der Waals surface area (Å²) in [5, 5.41) is 12.5. The average molecular weight is 495 g/mol. The van der Waals surface area contributed by atoms with Crippen molar-refractivity contribution in [3.05, 3.63) is 54.6 Å². The molecule has 3 aromatic rings. The van der Waals surface area contributed by atoms with E-state index in [4.69, 9.17) is 4.74 Å². The minimum absolute atomic E-state index is 0.0795. The zero-order valence-electron chi connectivity index (χ0n) is 19.6. The minimum atomic E-state index is -1.03. The molecule has 182 valence electrons. The van der Waals surface area contributed by atoms with Crippen LogP contribution in [0.25, 0.3) is 17.1 Å². The molecule has 1 saturated heterocycles. The second kappa shape index (κ2) is 10.2. The van der Waals surface area contributed by atoms with Crippen molar-refractivity contribution < 1.29 is 19.1 Å². The van der Waals surface area contributed by atoms with Crippen molar-refractivity contribution in [3.8, 4) is 22.8 Å². The maximum absolute atomic E-state index is 12.6. The SMILES string of the molecule is CCOc1ccc(-n2c(SCC(=O)NN3C(=O)NC(C)(CC)C3=O)nnc2-c2ccccc2)cc1. The molecule has 1 fully saturated rings. The average Bonchev–Trinajstić information content (AvgIpc) is 3.39. The quantitative estimate of drug-likeness (QED) is 0.346. The summed E-state index contributed by atoms with van der Waals surface area (Å²) in [6, 6.07) is 16.4. The topological polar surface area (TPSA) is 118 Å². The van der Waals surface area contributed by atoms with Gasteiger partial charge in [-0.25, -0.2) is 4.79 Å². The molecule has 0 radical (unpaired) electrons. The Bertz CT molecular complexity index is 1230. The Balaban J connectivity index is 1.55. The lowest BCUT2D eigenvalue weighted by atomic mass is 10.00. The number of hydrazine groups is 1. The van der Waals surface area contributed by atoms with Gasteiger partial charge in [0, 0.05) is 11.3 Å². The zero-order valence-corrected chi connectivity index (χ0v) is 20.5. The van der Waals surface area contributed by atoms with Gasteiger partial charge in [0.25, 0.3) is 5.91 Å². The highest BCUT2D eigenvalue weighted by atomic mass is 32.2. The number of aromatic nitrogens is 3. The van der Waals surface area contributed by atoms with Crippen molar-refractivity contribution in [1.82, 2.24) is 30.5 Å². The predicted molar refractivity (Wildman–Crippen MR) is 131 cm³/mol. The van der Waals surface area contributed by atoms with Crippen LogP contribution in [-0.2, 0) is 9.59 Å². The summed E-state index contributed by atoms with van der Waals surface area (Å²) in [4.78, 5) is 37.3. The molecular weight excluding hydrogens is 468 g/mol. The minimum Gasteiger partial charge on any atom is -0.494 e. The molecule has 0 bridgehead atoms. The molecule has 1 aliphatic rings. The first-order valence-corrected chi connectivity index (χ1v) is 12.2. The van der Waals surface area contributed by atoms with E-state index in [0.717, 1.165) is 33.8 Å². The Morgan fingerprint density at radius 3 is 2.43 bits per heavy atom. The first kappa shape index (κ1) is 24.3. The van der Waals surface area contributed by atoms with Gasteiger partial charge in [-0.15, -0.1) is 10.2 Å². The highest BCUT2D eigenvalue weighted by Crippen LogP contribution is 2.29. The number of nitrogens with zero attached hydrogens (tertiary/aromatic N) is 4. The van der Waals surface area contributed by atoms with Gasteiger partial charge in [-0.1, -0.05) is 49.0 Å². The molecule has 0 spiro atoms. The molecular formula is C24H26N6O4S. The van der Waals surface area contributed by atoms with Crippen LogP contribution in [0.15, 0.2) is 59.8 Å². The summed E-state index contributed by atoms with van der Waals surface area (Å²) in [5.74, 6) is 0.273. The van der Waals surface area contributed by atoms with Gasteiger partial charge >= 0.3 is 6.03 Å². The van der Waals surface area contributed by atoms with Crippen LogP contribution in [0.1, 0.15) is 27.2 Å². The number of imide groups is 1. The van der Waals surface area contributed by atoms with Gasteiger partial charge in [0.1, 0.15) is 11.3 Å². The van der Waals surface area contributed by atoms with Gasteiger partial charge in [-0.05, 0) is 44.5 Å². The van der Waals surface area contributed by atoms with Crippen LogP contribution in [0.3, 0.4) is 0 Å². The van der Waals surface area contributed by atoms with E-state index in [1.807, 2.05) is 66.1 Å². The smallest absolute Gasteiger partial charge is 0.344 e. The van der Waals surface area contributed by atoms with E-state index < -0.39 is 23.4 Å². The molecule has 10 nitrogen and oxygen atoms in total. The normalized spacial score (nSPS) is 17.4. The van der Waals surface area contributed by atoms with Crippen molar-refractivity contribution in [2.24, 2.45) is 0 Å². The molecule has 4 amide bonds. The van der Waals surface area contributed by atoms with E-state index in [2.05, 4.69) is 20.9 Å². The highest BCUT2D eigenvalue weighted by Gasteiger charge is 2.47. The number of hydrogen-bond donors (Lipinski definition) is 2. The van der Waals surface area contributed by atoms with Gasteiger partial charge in [-0.2, -0.15) is 5.01 Å². The first-order chi connectivity index (χ1) is 16.9. The first-order valence-electron chi connectivity index (χ1n) is 11.2. The summed E-state index contributed by atoms with van der Waals surface area (Å²) >= 11 is 1.15. The van der Waals surface area contributed by atoms with Crippen LogP contribution in [0.2, 0.25) is 0 Å². The fraction of sp³-hybridized carbons (Fsp3) is 0.292. The summed E-state index contributed by atoms with van der Waals surface area (Å²) in [6.07, 6.45) is 0.409. The molecule has 1 aromatic heterocycles. The zero-order chi connectivity index (χ0) is 25.0. The lowest BCUT2D eigenvalue weighted by Crippen LogP contribution is -2.49. The van der Waals surface area contributed by atoms with E-state index >= 15 is 0 Å². The number of hydrogen-bond acceptors (Lipinski definition) is 7. The molecule has 35 heavy (non-hydrogen) atoms. The maximum Gasteiger partial charge on any atom is 0.344 e. The van der Waals surface area contributed by atoms with Crippen LogP contribution in [0, 0.1) is 0 Å². The highest BCUT2D eigenvalue weighted by molar-refractivity contribution is 7.99. The lowest BCUT2D eigenvalue weighted by molar-refractivity contribution is -0.137.